The Kier molecular flexibility index (Phi) is 21.5. The molecular formula is C50H68NaO8P. The molecule has 4 aromatic rings. The number of benzene rings is 4. The fraction of sp³-hybridized carbons (Fsp3) is 0.460. The molecule has 2 saturated carbocycles. The van der Waals surface area contributed by atoms with Crippen LogP contribution >= 0.6 is 7.37 Å². The van der Waals surface area contributed by atoms with E-state index < -0.39 is 7.37 Å². The van der Waals surface area contributed by atoms with Gasteiger partial charge in [-0.15, -0.1) is 0 Å². The van der Waals surface area contributed by atoms with Crippen LogP contribution in [0.3, 0.4) is 0 Å². The molecule has 0 radical (unpaired) electrons. The maximum atomic E-state index is 11.8. The number of carbonyl (C=O) groups is 1. The molecule has 0 spiro atoms. The first kappa shape index (κ1) is 50.8. The van der Waals surface area contributed by atoms with E-state index in [1.54, 1.807) is 42.2 Å². The van der Waals surface area contributed by atoms with Crippen LogP contribution in [0.1, 0.15) is 104 Å². The van der Waals surface area contributed by atoms with E-state index in [-0.39, 0.29) is 36.9 Å². The van der Waals surface area contributed by atoms with Gasteiger partial charge in [-0.1, -0.05) is 80.3 Å². The van der Waals surface area contributed by atoms with E-state index in [1.807, 2.05) is 43.3 Å². The number of ether oxygens (including phenoxy) is 5. The van der Waals surface area contributed by atoms with Crippen LogP contribution < -0.4 is 53.2 Å². The Balaban J connectivity index is 0.000000328. The molecule has 2 aliphatic rings. The van der Waals surface area contributed by atoms with Crippen molar-refractivity contribution in [1.29, 1.82) is 0 Å². The van der Waals surface area contributed by atoms with Gasteiger partial charge in [0, 0.05) is 25.9 Å². The summed E-state index contributed by atoms with van der Waals surface area (Å²) in [7, 11) is 7.41. The third-order valence-corrected chi connectivity index (χ3v) is 13.5. The van der Waals surface area contributed by atoms with Gasteiger partial charge >= 0.3 is 29.6 Å². The molecular weight excluding hydrogens is 783 g/mol. The second-order valence-electron chi connectivity index (χ2n) is 15.8. The molecule has 2 aliphatic carbocycles. The minimum atomic E-state index is -2.48. The largest absolute Gasteiger partial charge is 1.00 e. The number of aldehydes is 1. The van der Waals surface area contributed by atoms with E-state index in [4.69, 9.17) is 28.2 Å². The smallest absolute Gasteiger partial charge is 1.00 e. The summed E-state index contributed by atoms with van der Waals surface area (Å²) in [6.07, 6.45) is 15.9. The van der Waals surface area contributed by atoms with Crippen LogP contribution in [0.4, 0.5) is 0 Å². The van der Waals surface area contributed by atoms with Crippen LogP contribution in [0, 0.1) is 32.6 Å². The van der Waals surface area contributed by atoms with Gasteiger partial charge in [0.2, 0.25) is 7.37 Å². The third-order valence-electron chi connectivity index (χ3n) is 11.8. The molecule has 0 amide bonds. The molecule has 2 fully saturated rings. The predicted molar refractivity (Wildman–Crippen MR) is 243 cm³/mol. The van der Waals surface area contributed by atoms with Gasteiger partial charge in [-0.25, -0.2) is 0 Å². The van der Waals surface area contributed by atoms with Gasteiger partial charge < -0.3 is 34.4 Å². The summed E-state index contributed by atoms with van der Waals surface area (Å²) in [5.41, 5.74) is 8.29. The Morgan fingerprint density at radius 2 is 1.03 bits per heavy atom. The van der Waals surface area contributed by atoms with Gasteiger partial charge in [0.25, 0.3) is 0 Å². The quantitative estimate of drug-likeness (QED) is 0.0747. The molecule has 4 aromatic carbocycles. The number of rotatable bonds is 13. The summed E-state index contributed by atoms with van der Waals surface area (Å²) in [5.74, 6) is 6.01. The van der Waals surface area contributed by atoms with Crippen molar-refractivity contribution in [3.05, 3.63) is 118 Å². The zero-order valence-electron chi connectivity index (χ0n) is 39.0. The van der Waals surface area contributed by atoms with E-state index in [2.05, 4.69) is 62.4 Å². The number of allylic oxidation sites excluding steroid dienone is 1. The number of aryl methyl sites for hydroxylation is 3. The summed E-state index contributed by atoms with van der Waals surface area (Å²) in [6.45, 7) is 7.79. The molecule has 0 N–H and O–H groups in total. The van der Waals surface area contributed by atoms with E-state index in [0.29, 0.717) is 23.9 Å². The average Bonchev–Trinajstić information content (AvgIpc) is 3.26. The van der Waals surface area contributed by atoms with Crippen LogP contribution in [-0.4, -0.2) is 55.6 Å². The molecule has 0 bridgehead atoms. The molecule has 60 heavy (non-hydrogen) atoms. The topological polar surface area (TPSA) is 89.5 Å². The van der Waals surface area contributed by atoms with Crippen molar-refractivity contribution in [1.82, 2.24) is 0 Å². The molecule has 1 unspecified atom stereocenters. The minimum absolute atomic E-state index is 0. The van der Waals surface area contributed by atoms with E-state index >= 15 is 0 Å². The third kappa shape index (κ3) is 14.6. The Hall–Kier alpha value is -3.52. The maximum Gasteiger partial charge on any atom is 1.00 e. The average molecular weight is 851 g/mol. The molecule has 0 aliphatic heterocycles. The van der Waals surface area contributed by atoms with Gasteiger partial charge in [0.1, 0.15) is 23.5 Å². The van der Waals surface area contributed by atoms with Gasteiger partial charge in [0.05, 0.1) is 35.5 Å². The summed E-state index contributed by atoms with van der Waals surface area (Å²) in [6, 6.07) is 24.8. The second-order valence-corrected chi connectivity index (χ2v) is 18.5. The van der Waals surface area contributed by atoms with Gasteiger partial charge in [-0.2, -0.15) is 0 Å². The first-order chi connectivity index (χ1) is 28.4. The summed E-state index contributed by atoms with van der Waals surface area (Å²) < 4.78 is 43.3. The van der Waals surface area contributed by atoms with E-state index in [0.717, 1.165) is 70.1 Å². The number of hydrogen-bond acceptors (Lipinski definition) is 8. The van der Waals surface area contributed by atoms with Crippen molar-refractivity contribution in [2.75, 3.05) is 49.3 Å². The summed E-state index contributed by atoms with van der Waals surface area (Å²) >= 11 is 0. The zero-order chi connectivity index (χ0) is 43.0. The predicted octanol–water partition coefficient (Wildman–Crippen LogP) is 9.66. The zero-order valence-corrected chi connectivity index (χ0v) is 40.9. The van der Waals surface area contributed by atoms with Crippen LogP contribution in [0.5, 0.6) is 28.7 Å². The van der Waals surface area contributed by atoms with Crippen LogP contribution in [0.25, 0.3) is 6.08 Å². The van der Waals surface area contributed by atoms with Gasteiger partial charge in [-0.05, 0) is 133 Å². The minimum Gasteiger partial charge on any atom is -1.00 e. The fourth-order valence-electron chi connectivity index (χ4n) is 8.43. The molecule has 5 atom stereocenters. The van der Waals surface area contributed by atoms with Gasteiger partial charge in [-0.3, -0.25) is 4.57 Å². The number of hydrogen-bond donors (Lipinski definition) is 0. The van der Waals surface area contributed by atoms with Crippen molar-refractivity contribution < 1.29 is 68.6 Å². The second kappa shape index (κ2) is 25.4. The molecule has 0 heterocycles. The standard InChI is InChI=1S/C24H30O3.C15H20O2.C11H17O3P.Na.H/c1-17-15-20(12-14-22(17)25-2)21-8-6-5-7-19(21)11-9-18-10-13-23(26-3)24(16-18)27-4;1-11-9-12(7-8-15(11)17-2)14-6-4-3-5-13(14)10-16;1-9-7-10(5-6-11(9)13-2)8-15(4,12)14-3;;/h9-16,19,21H,5-8H2,1-4H3;7-10,13-14H,3-6H2,1-2H3;5-7H,8H2,1-4H3;;/q;;;+1;-1/b11-9+;;;;/t19-,21+;13-,14-;;;/m11.../s1. The first-order valence-corrected chi connectivity index (χ1v) is 23.1. The van der Waals surface area contributed by atoms with Crippen molar-refractivity contribution in [3.63, 3.8) is 0 Å². The Labute approximate surface area is 384 Å². The van der Waals surface area contributed by atoms with Crippen molar-refractivity contribution in [3.8, 4) is 28.7 Å². The summed E-state index contributed by atoms with van der Waals surface area (Å²) in [5, 5.41) is 0. The fourth-order valence-corrected chi connectivity index (χ4v) is 9.42. The molecule has 0 aromatic heterocycles. The Morgan fingerprint density at radius 3 is 1.50 bits per heavy atom. The van der Waals surface area contributed by atoms with E-state index in [1.165, 1.54) is 62.3 Å². The number of carbonyl (C=O) groups excluding carboxylic acids is 1. The molecule has 8 nitrogen and oxygen atoms in total. The Bertz CT molecular complexity index is 2040. The van der Waals surface area contributed by atoms with Crippen LogP contribution in [0.2, 0.25) is 0 Å². The first-order valence-electron chi connectivity index (χ1n) is 20.8. The SMILES string of the molecule is COc1ccc(CP(C)(=O)OC)cc1C.COc1ccc([C@H]2CCCC[C@@H]2/C=C/c2ccc(OC)c(OC)c2)cc1C.COc1ccc([C@H]2CCCC[C@@H]2C=O)cc1C.[H-].[Na+]. The number of methoxy groups -OCH3 is 5. The van der Waals surface area contributed by atoms with E-state index in [9.17, 15) is 9.36 Å². The monoisotopic (exact) mass is 850 g/mol. The molecule has 6 rings (SSSR count). The summed E-state index contributed by atoms with van der Waals surface area (Å²) in [4.78, 5) is 11.1. The van der Waals surface area contributed by atoms with Crippen LogP contribution in [-0.2, 0) is 20.0 Å². The van der Waals surface area contributed by atoms with Crippen molar-refractivity contribution in [2.24, 2.45) is 11.8 Å². The van der Waals surface area contributed by atoms with Crippen molar-refractivity contribution >= 4 is 19.7 Å². The molecule has 10 heteroatoms. The van der Waals surface area contributed by atoms with Gasteiger partial charge in [0.15, 0.2) is 11.5 Å². The maximum absolute atomic E-state index is 11.8. The van der Waals surface area contributed by atoms with Crippen LogP contribution in [0.15, 0.2) is 78.9 Å². The van der Waals surface area contributed by atoms with Crippen molar-refractivity contribution in [2.45, 2.75) is 90.1 Å². The Morgan fingerprint density at radius 1 is 0.583 bits per heavy atom. The molecule has 0 saturated heterocycles. The normalized spacial score (nSPS) is 19.5. The molecule has 322 valence electrons.